The van der Waals surface area contributed by atoms with Gasteiger partial charge in [0.05, 0.1) is 12.6 Å². The van der Waals surface area contributed by atoms with Crippen LogP contribution in [0.15, 0.2) is 61.2 Å². The van der Waals surface area contributed by atoms with E-state index >= 15 is 0 Å². The first kappa shape index (κ1) is 32.7. The van der Waals surface area contributed by atoms with E-state index in [0.717, 1.165) is 69.7 Å². The van der Waals surface area contributed by atoms with Crippen LogP contribution in [0.2, 0.25) is 0 Å². The number of piperazine rings is 2. The molecule has 43 heavy (non-hydrogen) atoms. The second-order valence-electron chi connectivity index (χ2n) is 12.0. The average molecular weight is 591 g/mol. The summed E-state index contributed by atoms with van der Waals surface area (Å²) in [7, 11) is 0. The molecule has 2 aliphatic rings. The Morgan fingerprint density at radius 1 is 0.977 bits per heavy atom. The van der Waals surface area contributed by atoms with Gasteiger partial charge >= 0.3 is 5.97 Å². The molecule has 8 nitrogen and oxygen atoms in total. The molecule has 0 bridgehead atoms. The zero-order valence-corrected chi connectivity index (χ0v) is 26.3. The smallest absolute Gasteiger partial charge is 0.305 e. The van der Waals surface area contributed by atoms with Crippen molar-refractivity contribution in [2.24, 2.45) is 0 Å². The van der Waals surface area contributed by atoms with Gasteiger partial charge in [-0.1, -0.05) is 36.8 Å². The van der Waals surface area contributed by atoms with Crippen molar-refractivity contribution in [2.45, 2.75) is 64.6 Å². The zero-order chi connectivity index (χ0) is 30.8. The van der Waals surface area contributed by atoms with Crippen molar-refractivity contribution in [3.05, 3.63) is 77.9 Å². The second kappa shape index (κ2) is 16.0. The maximum atomic E-state index is 13.7. The maximum absolute atomic E-state index is 13.7. The molecule has 4 rings (SSSR count). The Kier molecular flexibility index (Phi) is 12.2. The molecule has 1 N–H and O–H groups in total. The summed E-state index contributed by atoms with van der Waals surface area (Å²) < 4.78 is 5.00. The quantitative estimate of drug-likeness (QED) is 0.201. The zero-order valence-electron chi connectivity index (χ0n) is 26.3. The van der Waals surface area contributed by atoms with Crippen molar-refractivity contribution in [2.75, 3.05) is 59.0 Å². The number of amides is 1. The predicted octanol–water partition coefficient (Wildman–Crippen LogP) is 4.94. The number of phenols is 1. The van der Waals surface area contributed by atoms with Crippen molar-refractivity contribution in [1.29, 1.82) is 0 Å². The van der Waals surface area contributed by atoms with E-state index in [1.54, 1.807) is 6.07 Å². The number of hydrogen-bond acceptors (Lipinski definition) is 7. The normalized spacial score (nSPS) is 21.0. The fourth-order valence-corrected chi connectivity index (χ4v) is 6.49. The van der Waals surface area contributed by atoms with Gasteiger partial charge in [-0.05, 0) is 75.5 Å². The number of phenolic OH excluding ortho intramolecular Hbond substituents is 1. The Labute approximate surface area is 257 Å². The lowest BCUT2D eigenvalue weighted by atomic mass is 9.92. The van der Waals surface area contributed by atoms with Gasteiger partial charge in [-0.25, -0.2) is 0 Å². The summed E-state index contributed by atoms with van der Waals surface area (Å²) in [6.45, 7) is 17.5. The van der Waals surface area contributed by atoms with Crippen LogP contribution in [0.4, 0.5) is 0 Å². The number of esters is 1. The molecular weight excluding hydrogens is 540 g/mol. The number of unbranched alkanes of at least 4 members (excludes halogenated alkanes) is 2. The van der Waals surface area contributed by atoms with Crippen LogP contribution in [0.5, 0.6) is 5.75 Å². The highest BCUT2D eigenvalue weighted by Crippen LogP contribution is 2.35. The number of benzene rings is 2. The lowest BCUT2D eigenvalue weighted by Crippen LogP contribution is -2.57. The van der Waals surface area contributed by atoms with E-state index in [0.29, 0.717) is 37.7 Å². The van der Waals surface area contributed by atoms with Crippen LogP contribution in [0, 0.1) is 0 Å². The highest BCUT2D eigenvalue weighted by atomic mass is 16.5. The van der Waals surface area contributed by atoms with Gasteiger partial charge in [-0.15, -0.1) is 6.58 Å². The summed E-state index contributed by atoms with van der Waals surface area (Å²) in [4.78, 5) is 34.6. The standard InChI is InChI=1S/C35H50N4O4/c1-5-17-38-25-28(4)39(26-27(38)3)34(30-13-11-15-32(40)24-30)29-12-10-14-31(23-29)35(42)37-21-19-36(20-22-37)18-9-7-8-16-33(41)43-6-2/h5,10-15,23-24,27-28,34,40H,1,6-9,16-22,25-26H2,2-4H3/t27-,28+,34-/m1/s1. The highest BCUT2D eigenvalue weighted by molar-refractivity contribution is 5.94. The lowest BCUT2D eigenvalue weighted by Gasteiger charge is -2.47. The average Bonchev–Trinajstić information content (AvgIpc) is 3.00. The molecule has 0 aliphatic carbocycles. The monoisotopic (exact) mass is 590 g/mol. The van der Waals surface area contributed by atoms with Crippen LogP contribution in [0.25, 0.3) is 0 Å². The number of nitrogens with zero attached hydrogens (tertiary/aromatic N) is 4. The van der Waals surface area contributed by atoms with Crippen LogP contribution in [-0.4, -0.2) is 108 Å². The molecule has 0 spiro atoms. The first-order valence-electron chi connectivity index (χ1n) is 16.0. The van der Waals surface area contributed by atoms with E-state index in [9.17, 15) is 14.7 Å². The predicted molar refractivity (Wildman–Crippen MR) is 171 cm³/mol. The van der Waals surface area contributed by atoms with Crippen molar-refractivity contribution >= 4 is 11.9 Å². The van der Waals surface area contributed by atoms with Gasteiger partial charge in [0, 0.05) is 69.9 Å². The summed E-state index contributed by atoms with van der Waals surface area (Å²) >= 11 is 0. The van der Waals surface area contributed by atoms with E-state index in [-0.39, 0.29) is 29.7 Å². The molecule has 0 saturated carbocycles. The third-order valence-electron chi connectivity index (χ3n) is 8.81. The van der Waals surface area contributed by atoms with Gasteiger partial charge in [0.2, 0.25) is 0 Å². The van der Waals surface area contributed by atoms with Crippen LogP contribution >= 0.6 is 0 Å². The largest absolute Gasteiger partial charge is 0.508 e. The van der Waals surface area contributed by atoms with Gasteiger partial charge in [-0.2, -0.15) is 0 Å². The highest BCUT2D eigenvalue weighted by Gasteiger charge is 2.35. The van der Waals surface area contributed by atoms with E-state index in [4.69, 9.17) is 4.74 Å². The number of carbonyl (C=O) groups excluding carboxylic acids is 2. The molecule has 0 radical (unpaired) electrons. The van der Waals surface area contributed by atoms with Gasteiger partial charge in [0.15, 0.2) is 0 Å². The topological polar surface area (TPSA) is 76.6 Å². The van der Waals surface area contributed by atoms with Crippen LogP contribution in [0.3, 0.4) is 0 Å². The third kappa shape index (κ3) is 8.91. The van der Waals surface area contributed by atoms with Crippen molar-refractivity contribution in [1.82, 2.24) is 19.6 Å². The number of rotatable bonds is 13. The van der Waals surface area contributed by atoms with E-state index in [1.807, 2.05) is 42.2 Å². The molecule has 2 saturated heterocycles. The Morgan fingerprint density at radius 2 is 1.70 bits per heavy atom. The Hall–Kier alpha value is -3.20. The van der Waals surface area contributed by atoms with E-state index in [2.05, 4.69) is 53.3 Å². The van der Waals surface area contributed by atoms with Gasteiger partial charge in [0.1, 0.15) is 5.75 Å². The lowest BCUT2D eigenvalue weighted by molar-refractivity contribution is -0.143. The minimum absolute atomic E-state index is 0.0721. The number of hydrogen-bond donors (Lipinski definition) is 1. The third-order valence-corrected chi connectivity index (χ3v) is 8.81. The van der Waals surface area contributed by atoms with Crippen molar-refractivity contribution in [3.8, 4) is 5.75 Å². The first-order chi connectivity index (χ1) is 20.8. The number of aromatic hydroxyl groups is 1. The molecule has 2 heterocycles. The minimum Gasteiger partial charge on any atom is -0.508 e. The summed E-state index contributed by atoms with van der Waals surface area (Å²) in [6.07, 6.45) is 5.37. The Bertz CT molecular complexity index is 1210. The number of carbonyl (C=O) groups is 2. The maximum Gasteiger partial charge on any atom is 0.305 e. The van der Waals surface area contributed by atoms with Crippen LogP contribution in [0.1, 0.15) is 74.0 Å². The Balaban J connectivity index is 1.41. The van der Waals surface area contributed by atoms with Gasteiger partial charge in [0.25, 0.3) is 5.91 Å². The second-order valence-corrected chi connectivity index (χ2v) is 12.0. The van der Waals surface area contributed by atoms with Crippen LogP contribution in [-0.2, 0) is 9.53 Å². The van der Waals surface area contributed by atoms with Crippen molar-refractivity contribution in [3.63, 3.8) is 0 Å². The summed E-state index contributed by atoms with van der Waals surface area (Å²) in [5.74, 6) is 0.211. The van der Waals surface area contributed by atoms with Crippen molar-refractivity contribution < 1.29 is 19.4 Å². The minimum atomic E-state index is -0.109. The summed E-state index contributed by atoms with van der Waals surface area (Å²) in [5.41, 5.74) is 2.80. The van der Waals surface area contributed by atoms with E-state index in [1.165, 1.54) is 0 Å². The number of ether oxygens (including phenoxy) is 1. The molecule has 0 aromatic heterocycles. The fraction of sp³-hybridized carbons (Fsp3) is 0.543. The molecule has 2 aliphatic heterocycles. The molecule has 2 aromatic carbocycles. The molecule has 0 unspecified atom stereocenters. The molecular formula is C35H50N4O4. The summed E-state index contributed by atoms with van der Waals surface area (Å²) in [5, 5.41) is 10.4. The van der Waals surface area contributed by atoms with Crippen LogP contribution < -0.4 is 0 Å². The molecule has 3 atom stereocenters. The molecule has 234 valence electrons. The fourth-order valence-electron chi connectivity index (χ4n) is 6.49. The Morgan fingerprint density at radius 3 is 2.40 bits per heavy atom. The molecule has 1 amide bonds. The van der Waals surface area contributed by atoms with E-state index < -0.39 is 0 Å². The molecule has 2 fully saturated rings. The SMILES string of the molecule is C=CCN1C[C@H](C)N([C@@H](c2cccc(O)c2)c2cccc(C(=O)N3CCN(CCCCCC(=O)OCC)CC3)c2)C[C@H]1C. The first-order valence-corrected chi connectivity index (χ1v) is 16.0. The molecule has 2 aromatic rings. The van der Waals surface area contributed by atoms with Gasteiger partial charge < -0.3 is 14.7 Å². The molecule has 8 heteroatoms. The van der Waals surface area contributed by atoms with Gasteiger partial charge in [-0.3, -0.25) is 24.3 Å². The summed E-state index contributed by atoms with van der Waals surface area (Å²) in [6, 6.07) is 16.2.